The highest BCUT2D eigenvalue weighted by molar-refractivity contribution is 6.30. The predicted molar refractivity (Wildman–Crippen MR) is 71.6 cm³/mol. The van der Waals surface area contributed by atoms with Crippen LogP contribution < -0.4 is 4.90 Å². The van der Waals surface area contributed by atoms with Crippen LogP contribution in [0.15, 0.2) is 6.33 Å². The van der Waals surface area contributed by atoms with E-state index in [1.165, 1.54) is 19.3 Å². The first-order valence-electron chi connectivity index (χ1n) is 6.50. The van der Waals surface area contributed by atoms with Crippen LogP contribution in [0.3, 0.4) is 0 Å². The summed E-state index contributed by atoms with van der Waals surface area (Å²) < 4.78 is 0. The maximum absolute atomic E-state index is 6.14. The van der Waals surface area contributed by atoms with Crippen LogP contribution in [0.5, 0.6) is 0 Å². The van der Waals surface area contributed by atoms with Crippen LogP contribution in [0.4, 0.5) is 5.82 Å². The second-order valence-electron chi connectivity index (χ2n) is 4.68. The number of aromatic nitrogens is 2. The van der Waals surface area contributed by atoms with Crippen molar-refractivity contribution in [2.45, 2.75) is 39.5 Å². The lowest BCUT2D eigenvalue weighted by Crippen LogP contribution is -2.36. The molecule has 17 heavy (non-hydrogen) atoms. The molecule has 1 atom stereocenters. The van der Waals surface area contributed by atoms with Crippen molar-refractivity contribution in [3.8, 4) is 0 Å². The van der Waals surface area contributed by atoms with Crippen molar-refractivity contribution in [3.05, 3.63) is 17.0 Å². The van der Waals surface area contributed by atoms with Crippen LogP contribution >= 0.6 is 11.6 Å². The summed E-state index contributed by atoms with van der Waals surface area (Å²) in [5.41, 5.74) is 1.09. The van der Waals surface area contributed by atoms with Crippen molar-refractivity contribution in [2.75, 3.05) is 18.0 Å². The van der Waals surface area contributed by atoms with Gasteiger partial charge in [0.25, 0.3) is 0 Å². The molecule has 1 aromatic heterocycles. The number of halogens is 1. The standard InChI is InChI=1S/C13H20ClN3/c1-3-10-6-5-7-17(8-10)13-11(4-2)12(14)15-9-16-13/h9-10H,3-8H2,1-2H3. The molecular weight excluding hydrogens is 234 g/mol. The van der Waals surface area contributed by atoms with Crippen LogP contribution in [-0.2, 0) is 6.42 Å². The van der Waals surface area contributed by atoms with Gasteiger partial charge in [-0.1, -0.05) is 31.9 Å². The van der Waals surface area contributed by atoms with Crippen LogP contribution in [0, 0.1) is 5.92 Å². The molecule has 1 fully saturated rings. The van der Waals surface area contributed by atoms with Gasteiger partial charge in [-0.15, -0.1) is 0 Å². The first-order chi connectivity index (χ1) is 8.26. The average Bonchev–Trinajstić information content (AvgIpc) is 2.38. The minimum Gasteiger partial charge on any atom is -0.356 e. The summed E-state index contributed by atoms with van der Waals surface area (Å²) in [6.07, 6.45) is 6.31. The maximum Gasteiger partial charge on any atom is 0.137 e. The third-order valence-electron chi connectivity index (χ3n) is 3.62. The molecule has 4 heteroatoms. The van der Waals surface area contributed by atoms with E-state index >= 15 is 0 Å². The molecule has 1 aliphatic rings. The molecule has 1 aromatic rings. The Morgan fingerprint density at radius 3 is 2.94 bits per heavy atom. The fourth-order valence-corrected chi connectivity index (χ4v) is 2.81. The number of nitrogens with zero attached hydrogens (tertiary/aromatic N) is 3. The van der Waals surface area contributed by atoms with Crippen LogP contribution in [0.1, 0.15) is 38.7 Å². The summed E-state index contributed by atoms with van der Waals surface area (Å²) in [6.45, 7) is 6.57. The first-order valence-corrected chi connectivity index (χ1v) is 6.88. The molecular formula is C13H20ClN3. The van der Waals surface area contributed by atoms with E-state index in [0.29, 0.717) is 5.15 Å². The topological polar surface area (TPSA) is 29.0 Å². The molecule has 0 spiro atoms. The largest absolute Gasteiger partial charge is 0.356 e. The highest BCUT2D eigenvalue weighted by Crippen LogP contribution is 2.28. The minimum absolute atomic E-state index is 0.608. The lowest BCUT2D eigenvalue weighted by atomic mass is 9.95. The van der Waals surface area contributed by atoms with Crippen LogP contribution in [0.2, 0.25) is 5.15 Å². The summed E-state index contributed by atoms with van der Waals surface area (Å²) in [4.78, 5) is 10.9. The number of rotatable bonds is 3. The van der Waals surface area contributed by atoms with E-state index in [1.807, 2.05) is 0 Å². The van der Waals surface area contributed by atoms with Crippen molar-refractivity contribution in [1.82, 2.24) is 9.97 Å². The van der Waals surface area contributed by atoms with Gasteiger partial charge in [0.1, 0.15) is 17.3 Å². The predicted octanol–water partition coefficient (Wildman–Crippen LogP) is 3.32. The van der Waals surface area contributed by atoms with Crippen molar-refractivity contribution in [2.24, 2.45) is 5.92 Å². The summed E-state index contributed by atoms with van der Waals surface area (Å²) >= 11 is 6.14. The van der Waals surface area contributed by atoms with E-state index in [4.69, 9.17) is 11.6 Å². The van der Waals surface area contributed by atoms with Gasteiger partial charge < -0.3 is 4.90 Å². The third kappa shape index (κ3) is 2.71. The number of hydrogen-bond acceptors (Lipinski definition) is 3. The Morgan fingerprint density at radius 1 is 1.41 bits per heavy atom. The van der Waals surface area contributed by atoms with Gasteiger partial charge in [0.15, 0.2) is 0 Å². The fraction of sp³-hybridized carbons (Fsp3) is 0.692. The summed E-state index contributed by atoms with van der Waals surface area (Å²) in [7, 11) is 0. The molecule has 0 N–H and O–H groups in total. The van der Waals surface area contributed by atoms with E-state index in [9.17, 15) is 0 Å². The van der Waals surface area contributed by atoms with Gasteiger partial charge in [-0.3, -0.25) is 0 Å². The Bertz CT molecular complexity index is 381. The Balaban J connectivity index is 2.24. The average molecular weight is 254 g/mol. The molecule has 1 saturated heterocycles. The van der Waals surface area contributed by atoms with Gasteiger partial charge in [0, 0.05) is 18.7 Å². The van der Waals surface area contributed by atoms with Gasteiger partial charge >= 0.3 is 0 Å². The molecule has 0 radical (unpaired) electrons. The molecule has 0 amide bonds. The maximum atomic E-state index is 6.14. The molecule has 2 rings (SSSR count). The molecule has 2 heterocycles. The molecule has 3 nitrogen and oxygen atoms in total. The highest BCUT2D eigenvalue weighted by atomic mass is 35.5. The second kappa shape index (κ2) is 5.67. The van der Waals surface area contributed by atoms with Crippen molar-refractivity contribution >= 4 is 17.4 Å². The summed E-state index contributed by atoms with van der Waals surface area (Å²) in [6, 6.07) is 0. The second-order valence-corrected chi connectivity index (χ2v) is 5.04. The quantitative estimate of drug-likeness (QED) is 0.774. The monoisotopic (exact) mass is 253 g/mol. The molecule has 0 saturated carbocycles. The normalized spacial score (nSPS) is 20.6. The number of anilines is 1. The molecule has 0 aromatic carbocycles. The van der Waals surface area contributed by atoms with Gasteiger partial charge in [-0.05, 0) is 25.2 Å². The molecule has 0 aliphatic carbocycles. The summed E-state index contributed by atoms with van der Waals surface area (Å²) in [5, 5.41) is 0.608. The van der Waals surface area contributed by atoms with Crippen LogP contribution in [0.25, 0.3) is 0 Å². The van der Waals surface area contributed by atoms with E-state index in [1.54, 1.807) is 6.33 Å². The Kier molecular flexibility index (Phi) is 4.21. The van der Waals surface area contributed by atoms with E-state index in [-0.39, 0.29) is 0 Å². The van der Waals surface area contributed by atoms with Gasteiger partial charge in [0.05, 0.1) is 0 Å². The number of piperidine rings is 1. The van der Waals surface area contributed by atoms with Gasteiger partial charge in [-0.2, -0.15) is 0 Å². The number of hydrogen-bond donors (Lipinski definition) is 0. The third-order valence-corrected chi connectivity index (χ3v) is 3.95. The lowest BCUT2D eigenvalue weighted by Gasteiger charge is -2.34. The minimum atomic E-state index is 0.608. The first kappa shape index (κ1) is 12.6. The van der Waals surface area contributed by atoms with E-state index in [2.05, 4.69) is 28.7 Å². The fourth-order valence-electron chi connectivity index (χ4n) is 2.55. The zero-order chi connectivity index (χ0) is 12.3. The SMILES string of the molecule is CCc1c(Cl)ncnc1N1CCCC(CC)C1. The lowest BCUT2D eigenvalue weighted by molar-refractivity contribution is 0.402. The van der Waals surface area contributed by atoms with Gasteiger partial charge in [-0.25, -0.2) is 9.97 Å². The highest BCUT2D eigenvalue weighted by Gasteiger charge is 2.22. The zero-order valence-corrected chi connectivity index (χ0v) is 11.4. The summed E-state index contributed by atoms with van der Waals surface area (Å²) in [5.74, 6) is 1.84. The molecule has 1 unspecified atom stereocenters. The van der Waals surface area contributed by atoms with Gasteiger partial charge in [0.2, 0.25) is 0 Å². The van der Waals surface area contributed by atoms with Crippen molar-refractivity contribution < 1.29 is 0 Å². The Hall–Kier alpha value is -0.830. The Labute approximate surface area is 108 Å². The van der Waals surface area contributed by atoms with E-state index < -0.39 is 0 Å². The van der Waals surface area contributed by atoms with E-state index in [0.717, 1.165) is 36.8 Å². The molecule has 94 valence electrons. The smallest absolute Gasteiger partial charge is 0.137 e. The van der Waals surface area contributed by atoms with Crippen molar-refractivity contribution in [3.63, 3.8) is 0 Å². The van der Waals surface area contributed by atoms with Crippen LogP contribution in [-0.4, -0.2) is 23.1 Å². The molecule has 1 aliphatic heterocycles. The Morgan fingerprint density at radius 2 is 2.24 bits per heavy atom. The molecule has 0 bridgehead atoms. The zero-order valence-electron chi connectivity index (χ0n) is 10.6. The van der Waals surface area contributed by atoms with Crippen molar-refractivity contribution in [1.29, 1.82) is 0 Å².